The summed E-state index contributed by atoms with van der Waals surface area (Å²) in [5.74, 6) is 0.287. The molecule has 0 bridgehead atoms. The molecule has 3 heterocycles. The third-order valence-corrected chi connectivity index (χ3v) is 5.28. The minimum atomic E-state index is -1.29. The van der Waals surface area contributed by atoms with E-state index in [0.717, 1.165) is 16.9 Å². The van der Waals surface area contributed by atoms with Crippen LogP contribution in [0.4, 0.5) is 4.79 Å². The third-order valence-electron chi connectivity index (χ3n) is 5.28. The van der Waals surface area contributed by atoms with E-state index >= 15 is 0 Å². The summed E-state index contributed by atoms with van der Waals surface area (Å²) in [4.78, 5) is 40.7. The summed E-state index contributed by atoms with van der Waals surface area (Å²) in [6.07, 6.45) is 0.769. The minimum Gasteiger partial charge on any atom is -0.463 e. The first-order valence-electron chi connectivity index (χ1n) is 8.94. The Morgan fingerprint density at radius 1 is 1.19 bits per heavy atom. The van der Waals surface area contributed by atoms with Crippen LogP contribution in [0, 0.1) is 6.92 Å². The first kappa shape index (κ1) is 17.3. The molecule has 1 N–H and O–H groups in total. The lowest BCUT2D eigenvalue weighted by atomic mass is 9.99. The minimum absolute atomic E-state index is 0.243. The molecule has 0 radical (unpaired) electrons. The lowest BCUT2D eigenvalue weighted by molar-refractivity contribution is -0.139. The van der Waals surface area contributed by atoms with Crippen LogP contribution in [0.15, 0.2) is 40.8 Å². The van der Waals surface area contributed by atoms with Gasteiger partial charge in [-0.15, -0.1) is 0 Å². The molecule has 7 nitrogen and oxygen atoms in total. The van der Waals surface area contributed by atoms with Gasteiger partial charge in [0.1, 0.15) is 18.1 Å². The van der Waals surface area contributed by atoms with Gasteiger partial charge in [0, 0.05) is 13.1 Å². The van der Waals surface area contributed by atoms with Crippen molar-refractivity contribution in [2.45, 2.75) is 32.4 Å². The number of urea groups is 1. The predicted molar refractivity (Wildman–Crippen MR) is 96.6 cm³/mol. The molecule has 0 aliphatic carbocycles. The van der Waals surface area contributed by atoms with E-state index in [4.69, 9.17) is 4.42 Å². The van der Waals surface area contributed by atoms with Gasteiger partial charge in [0.05, 0.1) is 0 Å². The van der Waals surface area contributed by atoms with Crippen molar-refractivity contribution in [1.82, 2.24) is 15.1 Å². The van der Waals surface area contributed by atoms with Crippen molar-refractivity contribution in [3.05, 3.63) is 59.0 Å². The van der Waals surface area contributed by atoms with E-state index in [1.807, 2.05) is 18.2 Å². The second-order valence-corrected chi connectivity index (χ2v) is 7.19. The number of hydrogen-bond donors (Lipinski definition) is 1. The maximum absolute atomic E-state index is 12.9. The Bertz CT molecular complexity index is 935. The number of nitrogens with zero attached hydrogens (tertiary/aromatic N) is 2. The molecule has 0 unspecified atom stereocenters. The average molecular weight is 367 g/mol. The smallest absolute Gasteiger partial charge is 0.325 e. The summed E-state index contributed by atoms with van der Waals surface area (Å²) in [6, 6.07) is 10.8. The predicted octanol–water partition coefficient (Wildman–Crippen LogP) is 1.94. The Balaban J connectivity index is 1.49. The van der Waals surface area contributed by atoms with Crippen molar-refractivity contribution in [2.75, 3.05) is 13.1 Å². The van der Waals surface area contributed by atoms with E-state index in [-0.39, 0.29) is 12.5 Å². The highest BCUT2D eigenvalue weighted by Gasteiger charge is 2.51. The summed E-state index contributed by atoms with van der Waals surface area (Å²) in [5, 5.41) is 2.66. The van der Waals surface area contributed by atoms with Crippen molar-refractivity contribution in [3.63, 3.8) is 0 Å². The molecular formula is C20H21N3O4. The SMILES string of the molecule is Cc1ccc([C@]2(C)NC(=O)N(CC(=O)N3CCc4ccccc4C3)C2=O)o1. The zero-order valence-corrected chi connectivity index (χ0v) is 15.3. The quantitative estimate of drug-likeness (QED) is 0.841. The number of imide groups is 1. The highest BCUT2D eigenvalue weighted by atomic mass is 16.3. The Hall–Kier alpha value is -3.09. The number of fused-ring (bicyclic) bond motifs is 1. The number of carbonyl (C=O) groups excluding carboxylic acids is 3. The summed E-state index contributed by atoms with van der Waals surface area (Å²) in [6.45, 7) is 4.15. The van der Waals surface area contributed by atoms with E-state index in [1.54, 1.807) is 30.9 Å². The third kappa shape index (κ3) is 2.89. The summed E-state index contributed by atoms with van der Waals surface area (Å²) < 4.78 is 5.54. The molecule has 0 spiro atoms. The Morgan fingerprint density at radius 2 is 1.93 bits per heavy atom. The molecule has 1 atom stereocenters. The van der Waals surface area contributed by atoms with Crippen LogP contribution in [0.5, 0.6) is 0 Å². The van der Waals surface area contributed by atoms with Crippen LogP contribution in [0.2, 0.25) is 0 Å². The fraction of sp³-hybridized carbons (Fsp3) is 0.350. The molecule has 140 valence electrons. The number of rotatable bonds is 3. The largest absolute Gasteiger partial charge is 0.463 e. The molecule has 0 saturated carbocycles. The number of furan rings is 1. The average Bonchev–Trinajstić information content (AvgIpc) is 3.19. The molecule has 1 aromatic carbocycles. The molecule has 7 heteroatoms. The van der Waals surface area contributed by atoms with Crippen LogP contribution in [-0.4, -0.2) is 40.7 Å². The summed E-state index contributed by atoms with van der Waals surface area (Å²) >= 11 is 0. The maximum atomic E-state index is 12.9. The molecule has 4 amide bonds. The number of hydrogen-bond acceptors (Lipinski definition) is 4. The van der Waals surface area contributed by atoms with Crippen LogP contribution in [0.25, 0.3) is 0 Å². The van der Waals surface area contributed by atoms with E-state index in [9.17, 15) is 14.4 Å². The zero-order chi connectivity index (χ0) is 19.2. The van der Waals surface area contributed by atoms with Gasteiger partial charge >= 0.3 is 6.03 Å². The molecule has 2 aliphatic rings. The number of carbonyl (C=O) groups is 3. The van der Waals surface area contributed by atoms with Crippen molar-refractivity contribution in [1.29, 1.82) is 0 Å². The van der Waals surface area contributed by atoms with E-state index < -0.39 is 17.5 Å². The first-order valence-corrected chi connectivity index (χ1v) is 8.94. The van der Waals surface area contributed by atoms with Gasteiger partial charge in [-0.3, -0.25) is 14.5 Å². The molecule has 1 saturated heterocycles. The second kappa shape index (κ2) is 6.26. The maximum Gasteiger partial charge on any atom is 0.325 e. The second-order valence-electron chi connectivity index (χ2n) is 7.19. The Labute approximate surface area is 156 Å². The van der Waals surface area contributed by atoms with E-state index in [0.29, 0.717) is 24.6 Å². The van der Waals surface area contributed by atoms with Gasteiger partial charge in [0.25, 0.3) is 5.91 Å². The lowest BCUT2D eigenvalue weighted by Crippen LogP contribution is -2.45. The van der Waals surface area contributed by atoms with Gasteiger partial charge in [-0.05, 0) is 43.5 Å². The lowest BCUT2D eigenvalue weighted by Gasteiger charge is -2.30. The molecule has 4 rings (SSSR count). The standard InChI is InChI=1S/C20H21N3O4/c1-13-7-8-16(27-13)20(2)18(25)23(19(26)21-20)12-17(24)22-10-9-14-5-3-4-6-15(14)11-22/h3-8H,9-12H2,1-2H3,(H,21,26)/t20-/m0/s1. The Kier molecular flexibility index (Phi) is 4.02. The molecule has 27 heavy (non-hydrogen) atoms. The van der Waals surface area contributed by atoms with Gasteiger partial charge in [-0.2, -0.15) is 0 Å². The molecule has 2 aliphatic heterocycles. The Morgan fingerprint density at radius 3 is 2.63 bits per heavy atom. The van der Waals surface area contributed by atoms with E-state index in [2.05, 4.69) is 11.4 Å². The van der Waals surface area contributed by atoms with E-state index in [1.165, 1.54) is 5.56 Å². The molecule has 1 aromatic heterocycles. The highest BCUT2D eigenvalue weighted by molar-refractivity contribution is 6.08. The van der Waals surface area contributed by atoms with Crippen molar-refractivity contribution >= 4 is 17.8 Å². The van der Waals surface area contributed by atoms with Crippen LogP contribution in [0.1, 0.15) is 29.6 Å². The van der Waals surface area contributed by atoms with Gasteiger partial charge in [0.2, 0.25) is 5.91 Å². The summed E-state index contributed by atoms with van der Waals surface area (Å²) in [7, 11) is 0. The highest BCUT2D eigenvalue weighted by Crippen LogP contribution is 2.30. The molecular weight excluding hydrogens is 346 g/mol. The van der Waals surface area contributed by atoms with Gasteiger partial charge in [-0.1, -0.05) is 24.3 Å². The number of nitrogens with one attached hydrogen (secondary N) is 1. The summed E-state index contributed by atoms with van der Waals surface area (Å²) in [5.41, 5.74) is 1.04. The van der Waals surface area contributed by atoms with Gasteiger partial charge in [0.15, 0.2) is 5.54 Å². The monoisotopic (exact) mass is 367 g/mol. The van der Waals surface area contributed by atoms with Gasteiger partial charge < -0.3 is 14.6 Å². The molecule has 1 fully saturated rings. The number of aryl methyl sites for hydroxylation is 1. The van der Waals surface area contributed by atoms with Gasteiger partial charge in [-0.25, -0.2) is 4.79 Å². The fourth-order valence-corrected chi connectivity index (χ4v) is 3.65. The number of benzene rings is 1. The van der Waals surface area contributed by atoms with Crippen LogP contribution >= 0.6 is 0 Å². The van der Waals surface area contributed by atoms with Crippen molar-refractivity contribution in [2.24, 2.45) is 0 Å². The number of amides is 4. The van der Waals surface area contributed by atoms with Crippen LogP contribution < -0.4 is 5.32 Å². The normalized spacial score (nSPS) is 22.0. The topological polar surface area (TPSA) is 82.9 Å². The van der Waals surface area contributed by atoms with Crippen molar-refractivity contribution in [3.8, 4) is 0 Å². The fourth-order valence-electron chi connectivity index (χ4n) is 3.65. The first-order chi connectivity index (χ1) is 12.9. The zero-order valence-electron chi connectivity index (χ0n) is 15.3. The molecule has 2 aromatic rings. The van der Waals surface area contributed by atoms with Crippen LogP contribution in [0.3, 0.4) is 0 Å². The van der Waals surface area contributed by atoms with Crippen molar-refractivity contribution < 1.29 is 18.8 Å². The van der Waals surface area contributed by atoms with Crippen LogP contribution in [-0.2, 0) is 28.1 Å².